The van der Waals surface area contributed by atoms with Gasteiger partial charge in [-0.2, -0.15) is 0 Å². The van der Waals surface area contributed by atoms with E-state index in [2.05, 4.69) is 50.2 Å². The van der Waals surface area contributed by atoms with Crippen LogP contribution in [0.3, 0.4) is 0 Å². The van der Waals surface area contributed by atoms with Crippen molar-refractivity contribution in [2.75, 3.05) is 0 Å². The summed E-state index contributed by atoms with van der Waals surface area (Å²) in [7, 11) is 0. The number of imidazole rings is 1. The van der Waals surface area contributed by atoms with Crippen molar-refractivity contribution < 1.29 is 9.50 Å². The number of aliphatic hydroxyl groups excluding tert-OH is 1. The Hall–Kier alpha value is -0.220. The Balaban J connectivity index is 2.52. The number of aromatic nitrogens is 2. The van der Waals surface area contributed by atoms with Crippen molar-refractivity contribution in [1.82, 2.24) is 9.55 Å². The minimum Gasteiger partial charge on any atom is -0.392 e. The maximum atomic E-state index is 13.7. The van der Waals surface area contributed by atoms with Gasteiger partial charge in [-0.25, -0.2) is 9.37 Å². The monoisotopic (exact) mass is 444 g/mol. The summed E-state index contributed by atoms with van der Waals surface area (Å²) in [5.74, 6) is -0.363. The molecule has 0 fully saturated rings. The van der Waals surface area contributed by atoms with Gasteiger partial charge >= 0.3 is 0 Å². The van der Waals surface area contributed by atoms with E-state index in [0.717, 1.165) is 7.40 Å². The number of rotatable bonds is 2. The van der Waals surface area contributed by atoms with Gasteiger partial charge in [0.1, 0.15) is 19.5 Å². The second kappa shape index (κ2) is 4.96. The van der Waals surface area contributed by atoms with Crippen LogP contribution in [0.5, 0.6) is 0 Å². The highest BCUT2D eigenvalue weighted by atomic mass is 127. The molecule has 0 aliphatic heterocycles. The average molecular weight is 444 g/mol. The van der Waals surface area contributed by atoms with Gasteiger partial charge in [-0.05, 0) is 62.9 Å². The van der Waals surface area contributed by atoms with E-state index in [4.69, 9.17) is 5.11 Å². The van der Waals surface area contributed by atoms with E-state index < -0.39 is 0 Å². The third-order valence-electron chi connectivity index (χ3n) is 2.12. The summed E-state index contributed by atoms with van der Waals surface area (Å²) in [6.45, 7) is -0.157. The summed E-state index contributed by atoms with van der Waals surface area (Å²) >= 11 is 4.21. The minimum atomic E-state index is -0.363. The molecule has 1 N–H and O–H groups in total. The van der Waals surface area contributed by atoms with Gasteiger partial charge in [0.2, 0.25) is 0 Å². The van der Waals surface area contributed by atoms with Crippen molar-refractivity contribution in [3.8, 4) is 5.69 Å². The molecular formula is C10H7FI2N2O. The zero-order valence-corrected chi connectivity index (χ0v) is 12.3. The van der Waals surface area contributed by atoms with Gasteiger partial charge in [0.05, 0.1) is 12.3 Å². The highest BCUT2D eigenvalue weighted by molar-refractivity contribution is 14.1. The first-order valence-corrected chi connectivity index (χ1v) is 6.57. The third kappa shape index (κ3) is 2.23. The normalized spacial score (nSPS) is 10.8. The fourth-order valence-electron chi connectivity index (χ4n) is 1.32. The summed E-state index contributed by atoms with van der Waals surface area (Å²) in [5.41, 5.74) is 1.00. The van der Waals surface area contributed by atoms with E-state index >= 15 is 0 Å². The Labute approximate surface area is 119 Å². The summed E-state index contributed by atoms with van der Waals surface area (Å²) in [6.07, 6.45) is 1.58. The largest absolute Gasteiger partial charge is 0.392 e. The quantitative estimate of drug-likeness (QED) is 0.725. The summed E-state index contributed by atoms with van der Waals surface area (Å²) in [6, 6.07) is 4.67. The molecular weight excluding hydrogens is 437 g/mol. The van der Waals surface area contributed by atoms with Crippen molar-refractivity contribution in [2.45, 2.75) is 6.61 Å². The molecule has 0 radical (unpaired) electrons. The van der Waals surface area contributed by atoms with Crippen molar-refractivity contribution >= 4 is 45.2 Å². The summed E-state index contributed by atoms with van der Waals surface area (Å²) in [5, 5.41) is 8.89. The average Bonchev–Trinajstić information content (AvgIpc) is 2.60. The van der Waals surface area contributed by atoms with Crippen LogP contribution in [0.1, 0.15) is 5.56 Å². The van der Waals surface area contributed by atoms with E-state index in [1.54, 1.807) is 23.0 Å². The second-order valence-electron chi connectivity index (χ2n) is 3.14. The zero-order chi connectivity index (χ0) is 11.7. The van der Waals surface area contributed by atoms with Gasteiger partial charge < -0.3 is 5.11 Å². The lowest BCUT2D eigenvalue weighted by molar-refractivity contribution is 0.281. The van der Waals surface area contributed by atoms with E-state index in [1.807, 2.05) is 0 Å². The van der Waals surface area contributed by atoms with Crippen LogP contribution in [0.15, 0.2) is 24.5 Å². The van der Waals surface area contributed by atoms with E-state index in [-0.39, 0.29) is 12.4 Å². The highest BCUT2D eigenvalue weighted by Crippen LogP contribution is 2.21. The minimum absolute atomic E-state index is 0.157. The number of aliphatic hydroxyl groups is 1. The van der Waals surface area contributed by atoms with Crippen molar-refractivity contribution in [3.05, 3.63) is 43.3 Å². The Kier molecular flexibility index (Phi) is 3.80. The van der Waals surface area contributed by atoms with Crippen LogP contribution in [0, 0.1) is 13.2 Å². The topological polar surface area (TPSA) is 38.0 Å². The number of hydrogen-bond donors (Lipinski definition) is 1. The molecule has 0 aliphatic rings. The van der Waals surface area contributed by atoms with E-state index in [9.17, 15) is 4.39 Å². The molecule has 0 amide bonds. The molecule has 0 bridgehead atoms. The molecule has 0 aliphatic carbocycles. The maximum Gasteiger partial charge on any atom is 0.147 e. The molecule has 1 heterocycles. The first kappa shape index (κ1) is 12.2. The van der Waals surface area contributed by atoms with Crippen molar-refractivity contribution in [3.63, 3.8) is 0 Å². The summed E-state index contributed by atoms with van der Waals surface area (Å²) in [4.78, 5) is 4.10. The Morgan fingerprint density at radius 3 is 2.62 bits per heavy atom. The van der Waals surface area contributed by atoms with Gasteiger partial charge in [-0.3, -0.25) is 4.57 Å². The Morgan fingerprint density at radius 1 is 1.38 bits per heavy atom. The molecule has 0 saturated carbocycles. The lowest BCUT2D eigenvalue weighted by Gasteiger charge is -2.06. The lowest BCUT2D eigenvalue weighted by atomic mass is 10.2. The van der Waals surface area contributed by atoms with Crippen LogP contribution in [0.4, 0.5) is 4.39 Å². The van der Waals surface area contributed by atoms with E-state index in [1.165, 1.54) is 6.07 Å². The van der Waals surface area contributed by atoms with Crippen molar-refractivity contribution in [1.29, 1.82) is 0 Å². The number of halogens is 3. The maximum absolute atomic E-state index is 13.7. The number of hydrogen-bond acceptors (Lipinski definition) is 2. The molecule has 2 rings (SSSR count). The predicted octanol–water partition coefficient (Wildman–Crippen LogP) is 2.71. The predicted molar refractivity (Wildman–Crippen MR) is 74.9 cm³/mol. The van der Waals surface area contributed by atoms with Gasteiger partial charge in [-0.1, -0.05) is 6.07 Å². The molecule has 2 aromatic rings. The molecule has 1 aromatic carbocycles. The molecule has 3 nitrogen and oxygen atoms in total. The summed E-state index contributed by atoms with van der Waals surface area (Å²) < 4.78 is 17.1. The van der Waals surface area contributed by atoms with Gasteiger partial charge in [0.15, 0.2) is 0 Å². The van der Waals surface area contributed by atoms with Crippen LogP contribution in [-0.4, -0.2) is 14.7 Å². The molecule has 1 aromatic heterocycles. The second-order valence-corrected chi connectivity index (χ2v) is 5.18. The number of nitrogens with zero attached hydrogens (tertiary/aromatic N) is 2. The van der Waals surface area contributed by atoms with Crippen LogP contribution < -0.4 is 0 Å². The highest BCUT2D eigenvalue weighted by Gasteiger charge is 2.11. The third-order valence-corrected chi connectivity index (χ3v) is 4.97. The van der Waals surface area contributed by atoms with Crippen LogP contribution in [-0.2, 0) is 6.61 Å². The van der Waals surface area contributed by atoms with Gasteiger partial charge in [0, 0.05) is 0 Å². The molecule has 0 saturated heterocycles. The standard InChI is InChI=1S/C10H7FI2N2O/c11-7-3-6(4-16)1-2-8(7)15-5-14-9(12)10(15)13/h1-3,5,16H,4H2. The number of benzene rings is 1. The van der Waals surface area contributed by atoms with Crippen molar-refractivity contribution in [2.24, 2.45) is 0 Å². The first-order chi connectivity index (χ1) is 7.63. The van der Waals surface area contributed by atoms with Crippen LogP contribution in [0.25, 0.3) is 5.69 Å². The molecule has 0 unspecified atom stereocenters. The molecule has 16 heavy (non-hydrogen) atoms. The van der Waals surface area contributed by atoms with Gasteiger partial charge in [0.25, 0.3) is 0 Å². The smallest absolute Gasteiger partial charge is 0.147 e. The van der Waals surface area contributed by atoms with Gasteiger partial charge in [-0.15, -0.1) is 0 Å². The molecule has 0 spiro atoms. The zero-order valence-electron chi connectivity index (χ0n) is 7.99. The molecule has 84 valence electrons. The van der Waals surface area contributed by atoms with E-state index in [0.29, 0.717) is 11.3 Å². The fourth-order valence-corrected chi connectivity index (χ4v) is 2.23. The first-order valence-electron chi connectivity index (χ1n) is 4.41. The van der Waals surface area contributed by atoms with Crippen LogP contribution in [0.2, 0.25) is 0 Å². The lowest BCUT2D eigenvalue weighted by Crippen LogP contribution is -2.00. The fraction of sp³-hybridized carbons (Fsp3) is 0.100. The molecule has 6 heteroatoms. The Bertz CT molecular complexity index is 528. The SMILES string of the molecule is OCc1ccc(-n2cnc(I)c2I)c(F)c1. The van der Waals surface area contributed by atoms with Crippen LogP contribution >= 0.6 is 45.2 Å². The molecule has 0 atom stereocenters. The Morgan fingerprint density at radius 2 is 2.12 bits per heavy atom.